The number of fused-ring (bicyclic) bond motifs is 1. The van der Waals surface area contributed by atoms with E-state index in [1.165, 1.54) is 25.3 Å². The molecular weight excluding hydrogens is 253 g/mol. The Morgan fingerprint density at radius 1 is 1.40 bits per heavy atom. The van der Waals surface area contributed by atoms with Crippen LogP contribution in [0.3, 0.4) is 0 Å². The van der Waals surface area contributed by atoms with E-state index in [0.717, 1.165) is 41.2 Å². The zero-order chi connectivity index (χ0) is 14.1. The lowest BCUT2D eigenvalue weighted by molar-refractivity contribution is 0.249. The summed E-state index contributed by atoms with van der Waals surface area (Å²) in [6.45, 7) is 5.07. The molecule has 0 saturated heterocycles. The van der Waals surface area contributed by atoms with Gasteiger partial charge in [0, 0.05) is 10.9 Å². The Labute approximate surface area is 119 Å². The third-order valence-electron chi connectivity index (χ3n) is 4.50. The molecule has 1 aromatic carbocycles. The molecule has 0 amide bonds. The van der Waals surface area contributed by atoms with Gasteiger partial charge < -0.3 is 9.73 Å². The summed E-state index contributed by atoms with van der Waals surface area (Å²) in [5.74, 6) is 1.59. The van der Waals surface area contributed by atoms with Crippen molar-refractivity contribution in [1.82, 2.24) is 5.32 Å². The number of aryl methyl sites for hydroxylation is 1. The molecule has 3 heteroatoms. The Kier molecular flexibility index (Phi) is 3.79. The molecule has 0 aliphatic heterocycles. The Hall–Kier alpha value is -1.35. The number of halogens is 1. The third kappa shape index (κ3) is 2.47. The van der Waals surface area contributed by atoms with E-state index in [1.807, 2.05) is 6.92 Å². The maximum atomic E-state index is 13.4. The lowest BCUT2D eigenvalue weighted by Crippen LogP contribution is -2.26. The fraction of sp³-hybridized carbons (Fsp3) is 0.529. The molecule has 1 N–H and O–H groups in total. The highest BCUT2D eigenvalue weighted by molar-refractivity contribution is 5.82. The van der Waals surface area contributed by atoms with E-state index in [1.54, 1.807) is 12.1 Å². The predicted molar refractivity (Wildman–Crippen MR) is 79.3 cm³/mol. The van der Waals surface area contributed by atoms with Crippen molar-refractivity contribution in [2.24, 2.45) is 5.92 Å². The van der Waals surface area contributed by atoms with Gasteiger partial charge in [0.2, 0.25) is 0 Å². The fourth-order valence-electron chi connectivity index (χ4n) is 3.14. The predicted octanol–water partition coefficient (Wildman–Crippen LogP) is 4.72. The molecule has 3 rings (SSSR count). The molecule has 108 valence electrons. The van der Waals surface area contributed by atoms with Gasteiger partial charge in [0.25, 0.3) is 0 Å². The minimum absolute atomic E-state index is 0.202. The first-order valence-corrected chi connectivity index (χ1v) is 7.61. The molecule has 0 spiro atoms. The molecule has 0 radical (unpaired) electrons. The van der Waals surface area contributed by atoms with Crippen LogP contribution in [-0.2, 0) is 0 Å². The van der Waals surface area contributed by atoms with Gasteiger partial charge in [-0.05, 0) is 44.0 Å². The summed E-state index contributed by atoms with van der Waals surface area (Å²) in [7, 11) is 0. The van der Waals surface area contributed by atoms with Gasteiger partial charge in [0.15, 0.2) is 0 Å². The van der Waals surface area contributed by atoms with E-state index in [0.29, 0.717) is 0 Å². The Morgan fingerprint density at radius 3 is 2.85 bits per heavy atom. The highest BCUT2D eigenvalue weighted by Gasteiger charge is 2.26. The monoisotopic (exact) mass is 275 g/mol. The van der Waals surface area contributed by atoms with Crippen LogP contribution in [0.15, 0.2) is 22.6 Å². The van der Waals surface area contributed by atoms with E-state index < -0.39 is 0 Å². The Balaban J connectivity index is 1.94. The zero-order valence-corrected chi connectivity index (χ0v) is 12.2. The van der Waals surface area contributed by atoms with Gasteiger partial charge in [0.1, 0.15) is 17.2 Å². The van der Waals surface area contributed by atoms with Crippen LogP contribution in [0.4, 0.5) is 4.39 Å². The second kappa shape index (κ2) is 5.57. The first kappa shape index (κ1) is 13.6. The van der Waals surface area contributed by atoms with Crippen molar-refractivity contribution in [3.05, 3.63) is 35.3 Å². The summed E-state index contributed by atoms with van der Waals surface area (Å²) in [6, 6.07) is 5.02. The summed E-state index contributed by atoms with van der Waals surface area (Å²) in [5, 5.41) is 4.43. The van der Waals surface area contributed by atoms with Crippen LogP contribution < -0.4 is 5.32 Å². The number of furan rings is 1. The molecule has 1 aliphatic carbocycles. The average Bonchev–Trinajstić information content (AvgIpc) is 2.70. The molecule has 1 fully saturated rings. The SMILES string of the molecule is CCNC(CC1CCC1)c1oc2ccc(F)cc2c1C. The normalized spacial score (nSPS) is 17.4. The van der Waals surface area contributed by atoms with E-state index >= 15 is 0 Å². The summed E-state index contributed by atoms with van der Waals surface area (Å²) in [6.07, 6.45) is 5.14. The molecular formula is C17H22FNO. The molecule has 1 aliphatic rings. The Bertz CT molecular complexity index is 600. The van der Waals surface area contributed by atoms with Crippen molar-refractivity contribution < 1.29 is 8.81 Å². The minimum Gasteiger partial charge on any atom is -0.459 e. The second-order valence-corrected chi connectivity index (χ2v) is 5.87. The standard InChI is InChI=1S/C17H22FNO/c1-3-19-15(9-12-5-4-6-12)17-11(2)14-10-13(18)7-8-16(14)20-17/h7-8,10,12,15,19H,3-6,9H2,1-2H3. The van der Waals surface area contributed by atoms with Crippen molar-refractivity contribution in [1.29, 1.82) is 0 Å². The van der Waals surface area contributed by atoms with Gasteiger partial charge in [-0.1, -0.05) is 26.2 Å². The molecule has 2 aromatic rings. The zero-order valence-electron chi connectivity index (χ0n) is 12.2. The minimum atomic E-state index is -0.202. The quantitative estimate of drug-likeness (QED) is 0.854. The number of benzene rings is 1. The maximum Gasteiger partial charge on any atom is 0.134 e. The maximum absolute atomic E-state index is 13.4. The summed E-state index contributed by atoms with van der Waals surface area (Å²) >= 11 is 0. The van der Waals surface area contributed by atoms with Crippen molar-refractivity contribution >= 4 is 11.0 Å². The highest BCUT2D eigenvalue weighted by atomic mass is 19.1. The topological polar surface area (TPSA) is 25.2 Å². The van der Waals surface area contributed by atoms with E-state index in [4.69, 9.17) is 4.42 Å². The molecule has 1 saturated carbocycles. The smallest absolute Gasteiger partial charge is 0.134 e. The van der Waals surface area contributed by atoms with Crippen LogP contribution in [0.5, 0.6) is 0 Å². The van der Waals surface area contributed by atoms with Crippen molar-refractivity contribution in [2.45, 2.75) is 45.6 Å². The summed E-state index contributed by atoms with van der Waals surface area (Å²) in [4.78, 5) is 0. The van der Waals surface area contributed by atoms with Crippen LogP contribution in [-0.4, -0.2) is 6.54 Å². The van der Waals surface area contributed by atoms with Gasteiger partial charge in [-0.25, -0.2) is 4.39 Å². The van der Waals surface area contributed by atoms with Crippen LogP contribution in [0.2, 0.25) is 0 Å². The number of hydrogen-bond acceptors (Lipinski definition) is 2. The van der Waals surface area contributed by atoms with Crippen LogP contribution in [0, 0.1) is 18.7 Å². The summed E-state index contributed by atoms with van der Waals surface area (Å²) in [5.41, 5.74) is 1.86. The van der Waals surface area contributed by atoms with E-state index in [9.17, 15) is 4.39 Å². The largest absolute Gasteiger partial charge is 0.459 e. The Morgan fingerprint density at radius 2 is 2.20 bits per heavy atom. The van der Waals surface area contributed by atoms with Gasteiger partial charge in [-0.2, -0.15) is 0 Å². The average molecular weight is 275 g/mol. The lowest BCUT2D eigenvalue weighted by Gasteiger charge is -2.29. The molecule has 1 heterocycles. The van der Waals surface area contributed by atoms with E-state index in [-0.39, 0.29) is 11.9 Å². The second-order valence-electron chi connectivity index (χ2n) is 5.87. The number of hydrogen-bond donors (Lipinski definition) is 1. The molecule has 0 bridgehead atoms. The highest BCUT2D eigenvalue weighted by Crippen LogP contribution is 2.38. The number of nitrogens with one attached hydrogen (secondary N) is 1. The van der Waals surface area contributed by atoms with Gasteiger partial charge in [-0.3, -0.25) is 0 Å². The molecule has 1 unspecified atom stereocenters. The lowest BCUT2D eigenvalue weighted by atomic mass is 9.80. The van der Waals surface area contributed by atoms with Crippen molar-refractivity contribution in [3.8, 4) is 0 Å². The van der Waals surface area contributed by atoms with Crippen molar-refractivity contribution in [3.63, 3.8) is 0 Å². The van der Waals surface area contributed by atoms with E-state index in [2.05, 4.69) is 12.2 Å². The van der Waals surface area contributed by atoms with Crippen LogP contribution in [0.1, 0.15) is 50.0 Å². The van der Waals surface area contributed by atoms with Crippen LogP contribution in [0.25, 0.3) is 11.0 Å². The first-order valence-electron chi connectivity index (χ1n) is 7.61. The molecule has 1 aromatic heterocycles. The van der Waals surface area contributed by atoms with Crippen LogP contribution >= 0.6 is 0 Å². The van der Waals surface area contributed by atoms with Gasteiger partial charge in [-0.15, -0.1) is 0 Å². The van der Waals surface area contributed by atoms with Gasteiger partial charge >= 0.3 is 0 Å². The molecule has 2 nitrogen and oxygen atoms in total. The van der Waals surface area contributed by atoms with Gasteiger partial charge in [0.05, 0.1) is 6.04 Å². The number of rotatable bonds is 5. The third-order valence-corrected chi connectivity index (χ3v) is 4.50. The molecule has 1 atom stereocenters. The first-order chi connectivity index (χ1) is 9.69. The fourth-order valence-corrected chi connectivity index (χ4v) is 3.14. The summed E-state index contributed by atoms with van der Waals surface area (Å²) < 4.78 is 19.4. The van der Waals surface area contributed by atoms with Crippen molar-refractivity contribution in [2.75, 3.05) is 6.54 Å². The molecule has 20 heavy (non-hydrogen) atoms.